The van der Waals surface area contributed by atoms with Crippen LogP contribution in [0.1, 0.15) is 247 Å². The van der Waals surface area contributed by atoms with Crippen LogP contribution in [0.15, 0.2) is 12.4 Å². The third-order valence-electron chi connectivity index (χ3n) is 15.5. The SMILES string of the molecule is BrCCCCCCBr.CCCCCCCC[N+](C)(C)C.CCCCCCC[N+](C)(C)C.CCCCCCC[N+](C)(C)C.CCCCCCC[N+](C)(C)C.CCCCCCN1C=CN(C)C1.CN(C)CCCCCCN(C)C.O=S(=O)([N-]S(=O)(=O)C(F)(F)F)C(F)(F)F.O=S(=O)([N-]S(=O)(=O)C(F)(F)F)C(F)(F)F.O=S(=O)([N-]S(=O)(=O)C(F)(F)F)C(F)(F)F.[Br-].[Br-]. The molecule has 0 aliphatic carbocycles. The highest BCUT2D eigenvalue weighted by atomic mass is 79.9. The summed E-state index contributed by atoms with van der Waals surface area (Å²) in [5.41, 5.74) is -37.2. The molecule has 0 aromatic carbocycles. The molecule has 764 valence electrons. The number of nitrogens with zero attached hydrogens (tertiary/aromatic N) is 11. The van der Waals surface area contributed by atoms with Gasteiger partial charge in [0.15, 0.2) is 60.1 Å². The molecule has 0 saturated carbocycles. The van der Waals surface area contributed by atoms with Gasteiger partial charge in [0.25, 0.3) is 0 Å². The van der Waals surface area contributed by atoms with E-state index >= 15 is 0 Å². The van der Waals surface area contributed by atoms with E-state index in [4.69, 9.17) is 0 Å². The Morgan fingerprint density at radius 2 is 0.460 bits per heavy atom. The van der Waals surface area contributed by atoms with Gasteiger partial charge in [-0.1, -0.05) is 195 Å². The van der Waals surface area contributed by atoms with Crippen molar-refractivity contribution in [2.75, 3.05) is 183 Å². The summed E-state index contributed by atoms with van der Waals surface area (Å²) in [5.74, 6) is 0. The molecule has 23 nitrogen and oxygen atoms in total. The largest absolute Gasteiger partial charge is 1.00 e. The summed E-state index contributed by atoms with van der Waals surface area (Å²) in [6.45, 7) is 21.4. The van der Waals surface area contributed by atoms with Gasteiger partial charge in [0, 0.05) is 36.7 Å². The monoisotopic (exact) mass is 2230 g/mol. The number of rotatable bonds is 48. The van der Waals surface area contributed by atoms with Crippen molar-refractivity contribution in [2.45, 2.75) is 280 Å². The first kappa shape index (κ1) is 146. The summed E-state index contributed by atoms with van der Waals surface area (Å²) >= 11 is 6.78. The van der Waals surface area contributed by atoms with Crippen LogP contribution in [-0.2, 0) is 60.1 Å². The van der Waals surface area contributed by atoms with Crippen LogP contribution in [0.3, 0.4) is 0 Å². The van der Waals surface area contributed by atoms with Crippen molar-refractivity contribution in [3.05, 3.63) is 24.8 Å². The average Bonchev–Trinajstić information content (AvgIpc) is 0.868. The molecule has 0 saturated heterocycles. The molecule has 1 heterocycles. The number of halogens is 22. The predicted molar refractivity (Wildman–Crippen MR) is 465 cm³/mol. The molecule has 1 rings (SSSR count). The van der Waals surface area contributed by atoms with Gasteiger partial charge in [0.2, 0.25) is 0 Å². The van der Waals surface area contributed by atoms with Crippen molar-refractivity contribution in [1.82, 2.24) is 19.6 Å². The molecule has 0 radical (unpaired) electrons. The van der Waals surface area contributed by atoms with Gasteiger partial charge in [0.1, 0.15) is 0 Å². The maximum Gasteiger partial charge on any atom is 0.480 e. The molecule has 51 heteroatoms. The zero-order chi connectivity index (χ0) is 98.3. The molecule has 0 fully saturated rings. The van der Waals surface area contributed by atoms with Crippen molar-refractivity contribution >= 4 is 92.0 Å². The maximum atomic E-state index is 11.4. The third kappa shape index (κ3) is 98.8. The maximum absolute atomic E-state index is 11.4. The quantitative estimate of drug-likeness (QED) is 0.0237. The Bertz CT molecular complexity index is 2860. The molecular formula is C73H154Br4F18N11O12S6-. The van der Waals surface area contributed by atoms with Gasteiger partial charge in [0.05, 0.1) is 117 Å². The van der Waals surface area contributed by atoms with Gasteiger partial charge >= 0.3 is 33.0 Å². The van der Waals surface area contributed by atoms with Crippen LogP contribution in [0.5, 0.6) is 0 Å². The first-order valence-corrected chi connectivity index (χ1v) is 51.5. The highest BCUT2D eigenvalue weighted by Gasteiger charge is 2.49. The fourth-order valence-corrected chi connectivity index (χ4v) is 14.7. The van der Waals surface area contributed by atoms with Crippen molar-refractivity contribution in [3.63, 3.8) is 0 Å². The number of hydrogen-bond acceptors (Lipinski definition) is 16. The summed E-state index contributed by atoms with van der Waals surface area (Å²) in [6.07, 6.45) is 50.1. The van der Waals surface area contributed by atoms with Crippen molar-refractivity contribution in [3.8, 4) is 0 Å². The van der Waals surface area contributed by atoms with Crippen LogP contribution < -0.4 is 34.0 Å². The second-order valence-electron chi connectivity index (χ2n) is 33.2. The molecule has 0 bridgehead atoms. The van der Waals surface area contributed by atoms with Gasteiger partial charge in [-0.25, -0.2) is 50.5 Å². The van der Waals surface area contributed by atoms with Gasteiger partial charge in [-0.05, 0) is 125 Å². The number of alkyl halides is 20. The van der Waals surface area contributed by atoms with Crippen LogP contribution in [0, 0.1) is 0 Å². The highest BCUT2D eigenvalue weighted by molar-refractivity contribution is 9.09. The topological polar surface area (TPSA) is 260 Å². The minimum absolute atomic E-state index is 0. The molecule has 0 atom stereocenters. The Kier molecular flexibility index (Phi) is 88.1. The summed E-state index contributed by atoms with van der Waals surface area (Å²) in [5, 5.41) is 2.32. The van der Waals surface area contributed by atoms with Gasteiger partial charge in [-0.2, -0.15) is 79.0 Å². The zero-order valence-electron chi connectivity index (χ0n) is 77.1. The lowest BCUT2D eigenvalue weighted by atomic mass is 10.1. The molecule has 0 N–H and O–H groups in total. The molecule has 0 spiro atoms. The average molecular weight is 2230 g/mol. The molecule has 0 unspecified atom stereocenters. The van der Waals surface area contributed by atoms with Crippen molar-refractivity contribution in [2.24, 2.45) is 0 Å². The summed E-state index contributed by atoms with van der Waals surface area (Å²) in [4.78, 5) is 9.09. The van der Waals surface area contributed by atoms with Crippen LogP contribution in [0.25, 0.3) is 12.4 Å². The third-order valence-corrected chi connectivity index (χ3v) is 24.9. The van der Waals surface area contributed by atoms with Gasteiger partial charge in [-0.15, -0.1) is 0 Å². The Balaban J connectivity index is -0.000000127. The van der Waals surface area contributed by atoms with E-state index in [1.54, 1.807) is 0 Å². The summed E-state index contributed by atoms with van der Waals surface area (Å²) in [6, 6.07) is 0. The zero-order valence-corrected chi connectivity index (χ0v) is 88.4. The number of sulfonamides is 6. The van der Waals surface area contributed by atoms with Gasteiger partial charge in [-0.3, -0.25) is 0 Å². The van der Waals surface area contributed by atoms with E-state index in [2.05, 4.69) is 218 Å². The smallest absolute Gasteiger partial charge is 0.480 e. The summed E-state index contributed by atoms with van der Waals surface area (Å²) in [7, 11) is -2.48. The molecule has 1 aliphatic rings. The van der Waals surface area contributed by atoms with Crippen molar-refractivity contribution in [1.29, 1.82) is 0 Å². The van der Waals surface area contributed by atoms with Crippen LogP contribution in [-0.4, -0.2) is 304 Å². The lowest BCUT2D eigenvalue weighted by molar-refractivity contribution is -0.870. The minimum atomic E-state index is -6.72. The fraction of sp³-hybridized carbons (Fsp3) is 0.973. The minimum Gasteiger partial charge on any atom is -1.00 e. The number of quaternary nitrogens is 4. The Morgan fingerprint density at radius 3 is 0.613 bits per heavy atom. The Labute approximate surface area is 774 Å². The molecular weight excluding hydrogens is 2080 g/mol. The molecule has 124 heavy (non-hydrogen) atoms. The van der Waals surface area contributed by atoms with E-state index < -0.39 is 93.2 Å². The van der Waals surface area contributed by atoms with Crippen LogP contribution in [0.2, 0.25) is 0 Å². The Hall–Kier alpha value is -0.660. The lowest BCUT2D eigenvalue weighted by Gasteiger charge is -2.23. The van der Waals surface area contributed by atoms with E-state index in [0.717, 1.165) is 47.6 Å². The van der Waals surface area contributed by atoms with E-state index in [0.29, 0.717) is 0 Å². The second-order valence-corrected chi connectivity index (χ2v) is 45.1. The van der Waals surface area contributed by atoms with E-state index in [1.165, 1.54) is 258 Å². The highest BCUT2D eigenvalue weighted by Crippen LogP contribution is 2.39. The van der Waals surface area contributed by atoms with Crippen molar-refractivity contribution < 1.29 is 181 Å². The second kappa shape index (κ2) is 74.6. The molecule has 1 aliphatic heterocycles. The number of unbranched alkanes of at least 4 members (excludes halogenated alkanes) is 26. The summed E-state index contributed by atoms with van der Waals surface area (Å²) < 4.78 is 332. The van der Waals surface area contributed by atoms with E-state index in [-0.39, 0.29) is 34.0 Å². The Morgan fingerprint density at radius 1 is 0.290 bits per heavy atom. The lowest BCUT2D eigenvalue weighted by Crippen LogP contribution is -3.00. The first-order chi connectivity index (χ1) is 54.7. The standard InChI is InChI=1S/C11H26N.C10H20N2.C10H24N2.3C10H24N.C6H12Br2.3C2F6NO4S2.2BrH/c1-5-6-7-8-9-10-11-12(2,3)4;1-3-4-5-6-7-12-9-8-11(2)10-12;1-11(2)9-7-5-6-8-10-12(3)4;3*1-5-6-7-8-9-10-11(2,3)4;7-5-3-1-2-4-6-8;3*3-1(4,5)14(10,11)9-15(12,13)2(6,7)8;;/h5-11H2,1-4H3;8-9H,3-7,10H2,1-2H3;5-10H2,1-4H3;3*5-10H2,1-4H3;1-6H2;;;;2*1H/q+1;;;3*+1;;3*-1;;/p-2. The first-order valence-electron chi connectivity index (χ1n) is 40.6. The van der Waals surface area contributed by atoms with E-state index in [1.807, 2.05) is 0 Å². The molecule has 0 aromatic rings. The molecule has 0 aromatic heterocycles. The number of hydrogen-bond donors (Lipinski definition) is 0. The fourth-order valence-electron chi connectivity index (χ4n) is 8.80. The van der Waals surface area contributed by atoms with Gasteiger partial charge < -0.3 is 83.9 Å². The van der Waals surface area contributed by atoms with E-state index in [9.17, 15) is 130 Å². The predicted octanol–water partition coefficient (Wildman–Crippen LogP) is 15.5. The normalized spacial score (nSPS) is 13.2. The van der Waals surface area contributed by atoms with Crippen LogP contribution >= 0.6 is 31.9 Å². The molecule has 0 amide bonds. The van der Waals surface area contributed by atoms with Crippen LogP contribution in [0.4, 0.5) is 79.0 Å².